The number of hydrogen-bond acceptors (Lipinski definition) is 7. The van der Waals surface area contributed by atoms with Gasteiger partial charge in [-0.3, -0.25) is 19.7 Å². The molecule has 0 spiro atoms. The average molecular weight is 442 g/mol. The Labute approximate surface area is 182 Å². The number of H-pyrrole nitrogens is 1. The molecule has 2 aromatic heterocycles. The molecule has 0 aliphatic carbocycles. The van der Waals surface area contributed by atoms with E-state index >= 15 is 0 Å². The molecule has 2 amide bonds. The molecule has 0 fully saturated rings. The molecule has 10 heteroatoms. The second-order valence-corrected chi connectivity index (χ2v) is 7.34. The van der Waals surface area contributed by atoms with Crippen molar-refractivity contribution in [1.82, 2.24) is 15.3 Å². The largest absolute Gasteiger partial charge is 0.493 e. The maximum Gasteiger partial charge on any atom is 0.263 e. The summed E-state index contributed by atoms with van der Waals surface area (Å²) in [5, 5.41) is 7.44. The Balaban J connectivity index is 1.48. The summed E-state index contributed by atoms with van der Waals surface area (Å²) in [6.45, 7) is 0.457. The molecule has 0 saturated carbocycles. The SMILES string of the molecule is COc1ccc(CCNC(=O)Cc2csc(NC(=O)c3ccc[nH]c3=O)n2)cc1OC. The van der Waals surface area contributed by atoms with Crippen molar-refractivity contribution < 1.29 is 19.1 Å². The van der Waals surface area contributed by atoms with Crippen LogP contribution in [0.4, 0.5) is 5.13 Å². The molecule has 9 nitrogen and oxygen atoms in total. The number of carbonyl (C=O) groups is 2. The summed E-state index contributed by atoms with van der Waals surface area (Å²) in [6.07, 6.45) is 2.17. The van der Waals surface area contributed by atoms with Gasteiger partial charge in [0.2, 0.25) is 5.91 Å². The van der Waals surface area contributed by atoms with Crippen molar-refractivity contribution in [1.29, 1.82) is 0 Å². The molecule has 0 saturated heterocycles. The van der Waals surface area contributed by atoms with Crippen LogP contribution in [-0.4, -0.2) is 42.5 Å². The number of hydrogen-bond donors (Lipinski definition) is 3. The lowest BCUT2D eigenvalue weighted by molar-refractivity contribution is -0.120. The van der Waals surface area contributed by atoms with Crippen LogP contribution in [0.25, 0.3) is 0 Å². The first kappa shape index (κ1) is 22.0. The first-order valence-corrected chi connectivity index (χ1v) is 10.3. The molecule has 162 valence electrons. The van der Waals surface area contributed by atoms with Gasteiger partial charge in [-0.05, 0) is 36.2 Å². The Hall–Kier alpha value is -3.66. The van der Waals surface area contributed by atoms with Gasteiger partial charge in [-0.15, -0.1) is 11.3 Å². The van der Waals surface area contributed by atoms with Crippen molar-refractivity contribution in [2.75, 3.05) is 26.1 Å². The maximum absolute atomic E-state index is 12.2. The Kier molecular flexibility index (Phi) is 7.39. The fourth-order valence-corrected chi connectivity index (χ4v) is 3.53. The summed E-state index contributed by atoms with van der Waals surface area (Å²) in [4.78, 5) is 42.7. The van der Waals surface area contributed by atoms with Crippen molar-refractivity contribution >= 4 is 28.3 Å². The van der Waals surface area contributed by atoms with Gasteiger partial charge in [0.05, 0.1) is 26.3 Å². The van der Waals surface area contributed by atoms with E-state index in [2.05, 4.69) is 20.6 Å². The topological polar surface area (TPSA) is 122 Å². The first-order chi connectivity index (χ1) is 15.0. The molecule has 3 aromatic rings. The number of aromatic amines is 1. The highest BCUT2D eigenvalue weighted by Crippen LogP contribution is 2.27. The second-order valence-electron chi connectivity index (χ2n) is 6.48. The molecule has 1 aromatic carbocycles. The molecular weight excluding hydrogens is 420 g/mol. The van der Waals surface area contributed by atoms with E-state index < -0.39 is 11.5 Å². The third-order valence-electron chi connectivity index (χ3n) is 4.36. The van der Waals surface area contributed by atoms with Crippen LogP contribution in [0.2, 0.25) is 0 Å². The van der Waals surface area contributed by atoms with Gasteiger partial charge in [0, 0.05) is 18.1 Å². The van der Waals surface area contributed by atoms with E-state index in [4.69, 9.17) is 9.47 Å². The highest BCUT2D eigenvalue weighted by Gasteiger charge is 2.13. The van der Waals surface area contributed by atoms with Crippen molar-refractivity contribution in [3.05, 3.63) is 69.1 Å². The number of carbonyl (C=O) groups excluding carboxylic acids is 2. The summed E-state index contributed by atoms with van der Waals surface area (Å²) >= 11 is 1.19. The third kappa shape index (κ3) is 5.92. The normalized spacial score (nSPS) is 10.4. The zero-order valence-corrected chi connectivity index (χ0v) is 17.9. The molecule has 0 aliphatic rings. The quantitative estimate of drug-likeness (QED) is 0.466. The third-order valence-corrected chi connectivity index (χ3v) is 5.17. The summed E-state index contributed by atoms with van der Waals surface area (Å²) in [6, 6.07) is 8.60. The van der Waals surface area contributed by atoms with Gasteiger partial charge >= 0.3 is 0 Å². The Morgan fingerprint density at radius 1 is 1.16 bits per heavy atom. The van der Waals surface area contributed by atoms with Crippen molar-refractivity contribution in [2.45, 2.75) is 12.8 Å². The van der Waals surface area contributed by atoms with Gasteiger partial charge in [0.15, 0.2) is 16.6 Å². The number of amides is 2. The molecule has 0 radical (unpaired) electrons. The Bertz CT molecular complexity index is 1120. The van der Waals surface area contributed by atoms with E-state index in [-0.39, 0.29) is 17.9 Å². The van der Waals surface area contributed by atoms with Crippen molar-refractivity contribution in [3.63, 3.8) is 0 Å². The number of pyridine rings is 1. The number of ether oxygens (including phenoxy) is 2. The minimum absolute atomic E-state index is 0.00726. The molecule has 0 unspecified atom stereocenters. The van der Waals surface area contributed by atoms with E-state index in [1.165, 1.54) is 23.6 Å². The van der Waals surface area contributed by atoms with Gasteiger partial charge in [0.1, 0.15) is 5.56 Å². The van der Waals surface area contributed by atoms with Crippen LogP contribution in [-0.2, 0) is 17.6 Å². The number of thiazole rings is 1. The van der Waals surface area contributed by atoms with Gasteiger partial charge < -0.3 is 19.8 Å². The van der Waals surface area contributed by atoms with Crippen LogP contribution >= 0.6 is 11.3 Å². The van der Waals surface area contributed by atoms with E-state index in [9.17, 15) is 14.4 Å². The number of methoxy groups -OCH3 is 2. The predicted molar refractivity (Wildman–Crippen MR) is 117 cm³/mol. The van der Waals surface area contributed by atoms with Crippen LogP contribution in [0, 0.1) is 0 Å². The fourth-order valence-electron chi connectivity index (χ4n) is 2.82. The van der Waals surface area contributed by atoms with Crippen LogP contribution in [0.3, 0.4) is 0 Å². The van der Waals surface area contributed by atoms with Crippen molar-refractivity contribution in [3.8, 4) is 11.5 Å². The molecular formula is C21H22N4O5S. The number of benzene rings is 1. The molecule has 2 heterocycles. The summed E-state index contributed by atoms with van der Waals surface area (Å²) in [5.41, 5.74) is 1.05. The van der Waals surface area contributed by atoms with Gasteiger partial charge in [-0.1, -0.05) is 6.07 Å². The highest BCUT2D eigenvalue weighted by molar-refractivity contribution is 7.14. The first-order valence-electron chi connectivity index (χ1n) is 9.41. The maximum atomic E-state index is 12.2. The highest BCUT2D eigenvalue weighted by atomic mass is 32.1. The average Bonchev–Trinajstić information content (AvgIpc) is 3.20. The number of nitrogens with zero attached hydrogens (tertiary/aromatic N) is 1. The van der Waals surface area contributed by atoms with E-state index in [1.54, 1.807) is 25.7 Å². The summed E-state index contributed by atoms with van der Waals surface area (Å²) < 4.78 is 10.5. The van der Waals surface area contributed by atoms with Crippen molar-refractivity contribution in [2.24, 2.45) is 0 Å². The lowest BCUT2D eigenvalue weighted by Crippen LogP contribution is -2.27. The summed E-state index contributed by atoms with van der Waals surface area (Å²) in [7, 11) is 3.15. The molecule has 0 atom stereocenters. The van der Waals surface area contributed by atoms with Gasteiger partial charge in [-0.25, -0.2) is 4.98 Å². The number of nitrogens with one attached hydrogen (secondary N) is 3. The molecule has 3 N–H and O–H groups in total. The monoisotopic (exact) mass is 442 g/mol. The van der Waals surface area contributed by atoms with E-state index in [0.717, 1.165) is 5.56 Å². The molecule has 31 heavy (non-hydrogen) atoms. The number of anilines is 1. The zero-order valence-electron chi connectivity index (χ0n) is 17.1. The number of aromatic nitrogens is 2. The molecule has 0 aliphatic heterocycles. The van der Waals surface area contributed by atoms with E-state index in [1.807, 2.05) is 18.2 Å². The van der Waals surface area contributed by atoms with E-state index in [0.29, 0.717) is 35.3 Å². The zero-order chi connectivity index (χ0) is 22.2. The predicted octanol–water partition coefficient (Wildman–Crippen LogP) is 2.00. The van der Waals surface area contributed by atoms with Gasteiger partial charge in [-0.2, -0.15) is 0 Å². The smallest absolute Gasteiger partial charge is 0.263 e. The standard InChI is InChI=1S/C21H22N4O5S/c1-29-16-6-5-13(10-17(16)30-2)7-9-22-18(26)11-14-12-31-21(24-14)25-20(28)15-4-3-8-23-19(15)27/h3-6,8,10,12H,7,9,11H2,1-2H3,(H,22,26)(H,23,27)(H,24,25,28). The Morgan fingerprint density at radius 3 is 2.71 bits per heavy atom. The van der Waals surface area contributed by atoms with Crippen LogP contribution in [0.5, 0.6) is 11.5 Å². The van der Waals surface area contributed by atoms with Crippen LogP contribution in [0.1, 0.15) is 21.6 Å². The van der Waals surface area contributed by atoms with Gasteiger partial charge in [0.25, 0.3) is 11.5 Å². The number of rotatable bonds is 9. The fraction of sp³-hybridized carbons (Fsp3) is 0.238. The lowest BCUT2D eigenvalue weighted by atomic mass is 10.1. The Morgan fingerprint density at radius 2 is 1.97 bits per heavy atom. The van der Waals surface area contributed by atoms with Crippen LogP contribution in [0.15, 0.2) is 46.7 Å². The van der Waals surface area contributed by atoms with Crippen LogP contribution < -0.4 is 25.7 Å². The lowest BCUT2D eigenvalue weighted by Gasteiger charge is -2.10. The molecule has 3 rings (SSSR count). The summed E-state index contributed by atoms with van der Waals surface area (Å²) in [5.74, 6) is 0.560. The second kappa shape index (κ2) is 10.4. The minimum atomic E-state index is -0.554. The molecule has 0 bridgehead atoms. The minimum Gasteiger partial charge on any atom is -0.493 e.